The summed E-state index contributed by atoms with van der Waals surface area (Å²) in [6, 6.07) is 14.0. The fourth-order valence-corrected chi connectivity index (χ4v) is 2.98. The van der Waals surface area contributed by atoms with Gasteiger partial charge in [-0.3, -0.25) is 0 Å². The Balaban J connectivity index is 2.33. The number of carboxylic acids is 1. The number of carbonyl (C=O) groups excluding carboxylic acids is 2. The number of esters is 2. The summed E-state index contributed by atoms with van der Waals surface area (Å²) < 4.78 is 10.3. The molecule has 33 heavy (non-hydrogen) atoms. The number of benzene rings is 2. The molecule has 0 fully saturated rings. The average molecular weight is 457 g/mol. The van der Waals surface area contributed by atoms with E-state index in [0.29, 0.717) is 5.56 Å². The summed E-state index contributed by atoms with van der Waals surface area (Å²) in [6.07, 6.45) is -4.29. The van der Waals surface area contributed by atoms with E-state index in [1.807, 2.05) is 47.6 Å². The minimum atomic E-state index is -2.27. The summed E-state index contributed by atoms with van der Waals surface area (Å²) in [6.45, 7) is 11.9. The van der Waals surface area contributed by atoms with E-state index in [9.17, 15) is 24.6 Å². The second kappa shape index (κ2) is 10.2. The SMILES string of the molecule is CC(C)(C)c1cc(C(=O)O[C@@H](C(=O)OCc2ccccc2)[C@@H](O)C(=O)O)cc(C(C)(C)C)c1. The monoisotopic (exact) mass is 456 g/mol. The van der Waals surface area contributed by atoms with Gasteiger partial charge in [-0.25, -0.2) is 14.4 Å². The van der Waals surface area contributed by atoms with Crippen LogP contribution in [-0.2, 0) is 36.5 Å². The molecule has 7 nitrogen and oxygen atoms in total. The van der Waals surface area contributed by atoms with Crippen LogP contribution in [-0.4, -0.2) is 40.3 Å². The normalized spacial score (nSPS) is 13.7. The van der Waals surface area contributed by atoms with Gasteiger partial charge in [0.15, 0.2) is 6.10 Å². The highest BCUT2D eigenvalue weighted by Crippen LogP contribution is 2.30. The zero-order valence-electron chi connectivity index (χ0n) is 19.9. The first kappa shape index (κ1) is 26.1. The Bertz CT molecular complexity index is 965. The van der Waals surface area contributed by atoms with Gasteiger partial charge in [-0.1, -0.05) is 77.9 Å². The van der Waals surface area contributed by atoms with E-state index in [1.54, 1.807) is 42.5 Å². The molecule has 0 saturated heterocycles. The number of aliphatic carboxylic acids is 1. The molecule has 0 spiro atoms. The van der Waals surface area contributed by atoms with Crippen molar-refractivity contribution in [3.63, 3.8) is 0 Å². The summed E-state index contributed by atoms with van der Waals surface area (Å²) in [7, 11) is 0. The van der Waals surface area contributed by atoms with Gasteiger partial charge in [0.05, 0.1) is 5.56 Å². The van der Waals surface area contributed by atoms with Crippen LogP contribution >= 0.6 is 0 Å². The minimum absolute atomic E-state index is 0.158. The molecule has 0 heterocycles. The fraction of sp³-hybridized carbons (Fsp3) is 0.423. The van der Waals surface area contributed by atoms with E-state index >= 15 is 0 Å². The number of rotatable bonds is 7. The molecule has 0 aliphatic carbocycles. The molecule has 0 aromatic heterocycles. The van der Waals surface area contributed by atoms with Gasteiger partial charge in [-0.05, 0) is 39.7 Å². The molecule has 2 aromatic carbocycles. The van der Waals surface area contributed by atoms with Gasteiger partial charge in [0, 0.05) is 0 Å². The number of hydrogen-bond acceptors (Lipinski definition) is 6. The molecule has 0 amide bonds. The lowest BCUT2D eigenvalue weighted by molar-refractivity contribution is -0.171. The molecule has 0 aliphatic rings. The maximum Gasteiger partial charge on any atom is 0.351 e. The van der Waals surface area contributed by atoms with Gasteiger partial charge in [0.25, 0.3) is 0 Å². The number of ether oxygens (including phenoxy) is 2. The number of aliphatic hydroxyl groups is 1. The van der Waals surface area contributed by atoms with Gasteiger partial charge < -0.3 is 19.7 Å². The standard InChI is InChI=1S/C26H32O7/c1-25(2,3)18-12-17(13-19(14-18)26(4,5)6)23(30)33-21(20(27)22(28)29)24(31)32-15-16-10-8-7-9-11-16/h7-14,20-21,27H,15H2,1-6H3,(H,28,29)/t20-,21-/m1/s1. The van der Waals surface area contributed by atoms with Crippen LogP contribution in [0.2, 0.25) is 0 Å². The Kier molecular flexibility index (Phi) is 8.03. The largest absolute Gasteiger partial charge is 0.479 e. The summed E-state index contributed by atoms with van der Waals surface area (Å²) in [5.74, 6) is -3.78. The van der Waals surface area contributed by atoms with Crippen molar-refractivity contribution >= 4 is 17.9 Å². The molecule has 0 radical (unpaired) electrons. The molecule has 2 atom stereocenters. The molecular formula is C26H32O7. The summed E-state index contributed by atoms with van der Waals surface area (Å²) >= 11 is 0. The van der Waals surface area contributed by atoms with Crippen molar-refractivity contribution in [2.75, 3.05) is 0 Å². The van der Waals surface area contributed by atoms with Crippen LogP contribution in [0, 0.1) is 0 Å². The lowest BCUT2D eigenvalue weighted by atomic mass is 9.79. The first-order valence-corrected chi connectivity index (χ1v) is 10.7. The maximum absolute atomic E-state index is 13.0. The zero-order valence-corrected chi connectivity index (χ0v) is 19.9. The third kappa shape index (κ3) is 7.15. The molecule has 178 valence electrons. The van der Waals surface area contributed by atoms with Gasteiger partial charge in [0.2, 0.25) is 6.10 Å². The molecule has 0 bridgehead atoms. The van der Waals surface area contributed by atoms with Crippen LogP contribution in [0.4, 0.5) is 0 Å². The molecular weight excluding hydrogens is 424 g/mol. The highest BCUT2D eigenvalue weighted by atomic mass is 16.6. The highest BCUT2D eigenvalue weighted by Gasteiger charge is 2.38. The molecule has 0 unspecified atom stereocenters. The second-order valence-corrected chi connectivity index (χ2v) is 10.0. The Hall–Kier alpha value is -3.19. The van der Waals surface area contributed by atoms with Crippen molar-refractivity contribution in [3.05, 3.63) is 70.8 Å². The smallest absolute Gasteiger partial charge is 0.351 e. The zero-order chi connectivity index (χ0) is 25.0. The van der Waals surface area contributed by atoms with E-state index < -0.39 is 30.1 Å². The molecule has 2 aromatic rings. The van der Waals surface area contributed by atoms with Crippen molar-refractivity contribution in [1.29, 1.82) is 0 Å². The van der Waals surface area contributed by atoms with E-state index in [4.69, 9.17) is 9.47 Å². The van der Waals surface area contributed by atoms with Gasteiger partial charge in [0.1, 0.15) is 6.61 Å². The van der Waals surface area contributed by atoms with Crippen molar-refractivity contribution in [3.8, 4) is 0 Å². The van der Waals surface area contributed by atoms with Crippen LogP contribution < -0.4 is 0 Å². The highest BCUT2D eigenvalue weighted by molar-refractivity contribution is 5.93. The van der Waals surface area contributed by atoms with Crippen LogP contribution in [0.15, 0.2) is 48.5 Å². The topological polar surface area (TPSA) is 110 Å². The van der Waals surface area contributed by atoms with Gasteiger partial charge in [-0.2, -0.15) is 0 Å². The van der Waals surface area contributed by atoms with Crippen LogP contribution in [0.1, 0.15) is 68.6 Å². The van der Waals surface area contributed by atoms with E-state index in [2.05, 4.69) is 0 Å². The Morgan fingerprint density at radius 3 is 1.85 bits per heavy atom. The van der Waals surface area contributed by atoms with Gasteiger partial charge in [-0.15, -0.1) is 0 Å². The van der Waals surface area contributed by atoms with E-state index in [0.717, 1.165) is 11.1 Å². The Labute approximate surface area is 194 Å². The third-order valence-electron chi connectivity index (χ3n) is 5.13. The molecule has 2 N–H and O–H groups in total. The first-order chi connectivity index (χ1) is 15.2. The van der Waals surface area contributed by atoms with Crippen molar-refractivity contribution < 1.29 is 34.1 Å². The molecule has 0 aliphatic heterocycles. The number of aliphatic hydroxyl groups excluding tert-OH is 1. The first-order valence-electron chi connectivity index (χ1n) is 10.7. The number of carbonyl (C=O) groups is 3. The van der Waals surface area contributed by atoms with E-state index in [-0.39, 0.29) is 23.0 Å². The fourth-order valence-electron chi connectivity index (χ4n) is 2.98. The summed E-state index contributed by atoms with van der Waals surface area (Å²) in [5.41, 5.74) is 2.03. The molecule has 2 rings (SSSR count). The lowest BCUT2D eigenvalue weighted by Crippen LogP contribution is -2.44. The summed E-state index contributed by atoms with van der Waals surface area (Å²) in [5, 5.41) is 19.3. The van der Waals surface area contributed by atoms with Crippen molar-refractivity contribution in [2.24, 2.45) is 0 Å². The van der Waals surface area contributed by atoms with Crippen LogP contribution in [0.3, 0.4) is 0 Å². The van der Waals surface area contributed by atoms with Crippen molar-refractivity contribution in [2.45, 2.75) is 71.2 Å². The number of carboxylic acid groups (broad SMARTS) is 1. The molecule has 7 heteroatoms. The minimum Gasteiger partial charge on any atom is -0.479 e. The molecule has 0 saturated carbocycles. The Morgan fingerprint density at radius 1 is 0.879 bits per heavy atom. The van der Waals surface area contributed by atoms with Crippen LogP contribution in [0.5, 0.6) is 0 Å². The second-order valence-electron chi connectivity index (χ2n) is 10.0. The van der Waals surface area contributed by atoms with Crippen LogP contribution in [0.25, 0.3) is 0 Å². The third-order valence-corrected chi connectivity index (χ3v) is 5.13. The lowest BCUT2D eigenvalue weighted by Gasteiger charge is -2.26. The summed E-state index contributed by atoms with van der Waals surface area (Å²) in [4.78, 5) is 36.9. The predicted octanol–water partition coefficient (Wildman–Crippen LogP) is 4.00. The van der Waals surface area contributed by atoms with E-state index in [1.165, 1.54) is 0 Å². The maximum atomic E-state index is 13.0. The van der Waals surface area contributed by atoms with Gasteiger partial charge >= 0.3 is 17.9 Å². The predicted molar refractivity (Wildman–Crippen MR) is 123 cm³/mol. The Morgan fingerprint density at radius 2 is 1.39 bits per heavy atom. The quantitative estimate of drug-likeness (QED) is 0.606. The average Bonchev–Trinajstić information content (AvgIpc) is 2.74. The number of hydrogen-bond donors (Lipinski definition) is 2. The van der Waals surface area contributed by atoms with Crippen molar-refractivity contribution in [1.82, 2.24) is 0 Å².